The molecule has 0 fully saturated rings. The van der Waals surface area contributed by atoms with E-state index in [2.05, 4.69) is 6.07 Å². The van der Waals surface area contributed by atoms with Crippen molar-refractivity contribution in [3.05, 3.63) is 64.7 Å². The third kappa shape index (κ3) is 3.68. The van der Waals surface area contributed by atoms with E-state index in [0.717, 1.165) is 24.0 Å². The second-order valence-corrected chi connectivity index (χ2v) is 7.29. The van der Waals surface area contributed by atoms with E-state index in [1.807, 2.05) is 36.4 Å². The summed E-state index contributed by atoms with van der Waals surface area (Å²) >= 11 is 0. The van der Waals surface area contributed by atoms with Gasteiger partial charge in [-0.3, -0.25) is 9.59 Å². The molecule has 0 aromatic heterocycles. The van der Waals surface area contributed by atoms with E-state index in [0.29, 0.717) is 12.3 Å². The van der Waals surface area contributed by atoms with Crippen molar-refractivity contribution in [3.63, 3.8) is 0 Å². The zero-order valence-electron chi connectivity index (χ0n) is 15.2. The first kappa shape index (κ1) is 17.6. The molecule has 4 rings (SSSR count). The standard InChI is InChI=1S/C22H23NO4/c24-21(14-27-18-10-9-15-5-1-2-6-16(15)11-18)23-12-17-7-3-4-8-19(17)20(13-23)22(25)26/h3-4,7-11,20H,1-2,5-6,12-14H2,(H,25,26). The second kappa shape index (κ2) is 7.43. The van der Waals surface area contributed by atoms with Crippen molar-refractivity contribution in [3.8, 4) is 5.75 Å². The predicted molar refractivity (Wildman–Crippen MR) is 101 cm³/mol. The first-order chi connectivity index (χ1) is 13.1. The Morgan fingerprint density at radius 1 is 1.04 bits per heavy atom. The van der Waals surface area contributed by atoms with Gasteiger partial charge in [0.15, 0.2) is 6.61 Å². The fraction of sp³-hybridized carbons (Fsp3) is 0.364. The van der Waals surface area contributed by atoms with Gasteiger partial charge in [0.1, 0.15) is 5.75 Å². The van der Waals surface area contributed by atoms with Crippen LogP contribution in [0.1, 0.15) is 41.0 Å². The van der Waals surface area contributed by atoms with Crippen LogP contribution in [-0.4, -0.2) is 35.0 Å². The number of aliphatic carboxylic acids is 1. The van der Waals surface area contributed by atoms with Gasteiger partial charge in [0, 0.05) is 13.1 Å². The average Bonchev–Trinajstić information content (AvgIpc) is 2.70. The highest BCUT2D eigenvalue weighted by Crippen LogP contribution is 2.29. The van der Waals surface area contributed by atoms with Crippen LogP contribution in [-0.2, 0) is 29.0 Å². The van der Waals surface area contributed by atoms with Gasteiger partial charge in [0.25, 0.3) is 5.91 Å². The number of carbonyl (C=O) groups excluding carboxylic acids is 1. The third-order valence-corrected chi connectivity index (χ3v) is 5.53. The molecule has 140 valence electrons. The molecule has 0 saturated heterocycles. The third-order valence-electron chi connectivity index (χ3n) is 5.53. The van der Waals surface area contributed by atoms with E-state index in [1.165, 1.54) is 24.0 Å². The number of benzene rings is 2. The zero-order valence-corrected chi connectivity index (χ0v) is 15.2. The van der Waals surface area contributed by atoms with Crippen LogP contribution in [0.3, 0.4) is 0 Å². The fourth-order valence-corrected chi connectivity index (χ4v) is 4.04. The molecule has 1 aliphatic carbocycles. The molecule has 2 aliphatic rings. The molecule has 1 atom stereocenters. The van der Waals surface area contributed by atoms with Gasteiger partial charge in [0.2, 0.25) is 0 Å². The smallest absolute Gasteiger partial charge is 0.312 e. The highest BCUT2D eigenvalue weighted by atomic mass is 16.5. The van der Waals surface area contributed by atoms with Gasteiger partial charge < -0.3 is 14.7 Å². The first-order valence-electron chi connectivity index (χ1n) is 9.45. The molecule has 0 bridgehead atoms. The molecule has 1 heterocycles. The van der Waals surface area contributed by atoms with Gasteiger partial charge in [-0.25, -0.2) is 0 Å². The summed E-state index contributed by atoms with van der Waals surface area (Å²) < 4.78 is 5.73. The van der Waals surface area contributed by atoms with Crippen molar-refractivity contribution >= 4 is 11.9 Å². The number of nitrogens with zero attached hydrogens (tertiary/aromatic N) is 1. The Morgan fingerprint density at radius 2 is 1.81 bits per heavy atom. The molecule has 27 heavy (non-hydrogen) atoms. The quantitative estimate of drug-likeness (QED) is 0.904. The van der Waals surface area contributed by atoms with E-state index >= 15 is 0 Å². The number of aryl methyl sites for hydroxylation is 2. The lowest BCUT2D eigenvalue weighted by Crippen LogP contribution is -2.42. The van der Waals surface area contributed by atoms with Crippen LogP contribution in [0.25, 0.3) is 0 Å². The number of fused-ring (bicyclic) bond motifs is 2. The summed E-state index contributed by atoms with van der Waals surface area (Å²) in [5, 5.41) is 9.54. The number of hydrogen-bond donors (Lipinski definition) is 1. The van der Waals surface area contributed by atoms with E-state index in [1.54, 1.807) is 4.90 Å². The Kier molecular flexibility index (Phi) is 4.84. The largest absolute Gasteiger partial charge is 0.484 e. The molecular formula is C22H23NO4. The number of carbonyl (C=O) groups is 2. The molecule has 2 aromatic rings. The van der Waals surface area contributed by atoms with Gasteiger partial charge in [-0.2, -0.15) is 0 Å². The van der Waals surface area contributed by atoms with Gasteiger partial charge in [-0.1, -0.05) is 30.3 Å². The molecule has 1 amide bonds. The van der Waals surface area contributed by atoms with Crippen LogP contribution in [0.15, 0.2) is 42.5 Å². The molecule has 0 saturated carbocycles. The first-order valence-corrected chi connectivity index (χ1v) is 9.45. The zero-order chi connectivity index (χ0) is 18.8. The Morgan fingerprint density at radius 3 is 2.63 bits per heavy atom. The maximum atomic E-state index is 12.6. The molecule has 1 unspecified atom stereocenters. The van der Waals surface area contributed by atoms with Gasteiger partial charge in [-0.05, 0) is 60.1 Å². The number of ether oxygens (including phenoxy) is 1. The SMILES string of the molecule is O=C(O)C1CN(C(=O)COc2ccc3c(c2)CCCC3)Cc2ccccc21. The second-order valence-electron chi connectivity index (χ2n) is 7.29. The summed E-state index contributed by atoms with van der Waals surface area (Å²) in [7, 11) is 0. The van der Waals surface area contributed by atoms with Crippen molar-refractivity contribution < 1.29 is 19.4 Å². The fourth-order valence-electron chi connectivity index (χ4n) is 4.04. The molecule has 2 aromatic carbocycles. The minimum absolute atomic E-state index is 0.0761. The van der Waals surface area contributed by atoms with Crippen LogP contribution < -0.4 is 4.74 Å². The molecular weight excluding hydrogens is 342 g/mol. The molecule has 1 aliphatic heterocycles. The molecule has 0 radical (unpaired) electrons. The summed E-state index contributed by atoms with van der Waals surface area (Å²) in [6.45, 7) is 0.526. The summed E-state index contributed by atoms with van der Waals surface area (Å²) in [6, 6.07) is 13.5. The molecule has 0 spiro atoms. The Balaban J connectivity index is 1.43. The number of amides is 1. The van der Waals surface area contributed by atoms with Gasteiger partial charge in [-0.15, -0.1) is 0 Å². The van der Waals surface area contributed by atoms with E-state index in [9.17, 15) is 14.7 Å². The normalized spacial score (nSPS) is 18.4. The van der Waals surface area contributed by atoms with Crippen molar-refractivity contribution in [2.45, 2.75) is 38.1 Å². The molecule has 5 nitrogen and oxygen atoms in total. The summed E-state index contributed by atoms with van der Waals surface area (Å²) in [6.07, 6.45) is 4.59. The maximum Gasteiger partial charge on any atom is 0.312 e. The Labute approximate surface area is 158 Å². The monoisotopic (exact) mass is 365 g/mol. The van der Waals surface area contributed by atoms with Crippen molar-refractivity contribution in [1.82, 2.24) is 4.90 Å². The number of carboxylic acid groups (broad SMARTS) is 1. The minimum atomic E-state index is -0.907. The van der Waals surface area contributed by atoms with Crippen LogP contribution in [0.4, 0.5) is 0 Å². The summed E-state index contributed by atoms with van der Waals surface area (Å²) in [5.41, 5.74) is 4.36. The van der Waals surface area contributed by atoms with Crippen molar-refractivity contribution in [2.75, 3.05) is 13.2 Å². The highest BCUT2D eigenvalue weighted by Gasteiger charge is 2.32. The summed E-state index contributed by atoms with van der Waals surface area (Å²) in [4.78, 5) is 25.9. The minimum Gasteiger partial charge on any atom is -0.484 e. The van der Waals surface area contributed by atoms with E-state index in [-0.39, 0.29) is 19.1 Å². The van der Waals surface area contributed by atoms with Crippen LogP contribution in [0.5, 0.6) is 5.75 Å². The van der Waals surface area contributed by atoms with Crippen molar-refractivity contribution in [2.24, 2.45) is 0 Å². The summed E-state index contributed by atoms with van der Waals surface area (Å²) in [5.74, 6) is -1.08. The van der Waals surface area contributed by atoms with Crippen LogP contribution in [0, 0.1) is 0 Å². The number of hydrogen-bond acceptors (Lipinski definition) is 3. The van der Waals surface area contributed by atoms with Crippen LogP contribution in [0.2, 0.25) is 0 Å². The van der Waals surface area contributed by atoms with E-state index in [4.69, 9.17) is 4.74 Å². The average molecular weight is 365 g/mol. The lowest BCUT2D eigenvalue weighted by molar-refractivity contribution is -0.142. The van der Waals surface area contributed by atoms with Crippen LogP contribution >= 0.6 is 0 Å². The predicted octanol–water partition coefficient (Wildman–Crippen LogP) is 3.15. The van der Waals surface area contributed by atoms with E-state index < -0.39 is 11.9 Å². The maximum absolute atomic E-state index is 12.6. The topological polar surface area (TPSA) is 66.8 Å². The van der Waals surface area contributed by atoms with Crippen molar-refractivity contribution in [1.29, 1.82) is 0 Å². The number of rotatable bonds is 4. The Hall–Kier alpha value is -2.82. The molecule has 1 N–H and O–H groups in total. The molecule has 5 heteroatoms. The van der Waals surface area contributed by atoms with Gasteiger partial charge >= 0.3 is 5.97 Å². The lowest BCUT2D eigenvalue weighted by atomic mass is 9.90. The lowest BCUT2D eigenvalue weighted by Gasteiger charge is -2.32. The number of carboxylic acids is 1. The van der Waals surface area contributed by atoms with Gasteiger partial charge in [0.05, 0.1) is 5.92 Å². The highest BCUT2D eigenvalue weighted by molar-refractivity contribution is 5.82. The Bertz CT molecular complexity index is 876.